The van der Waals surface area contributed by atoms with Crippen LogP contribution in [-0.4, -0.2) is 59.2 Å². The number of carbonyl (C=O) groups is 1. The quantitative estimate of drug-likeness (QED) is 0.386. The summed E-state index contributed by atoms with van der Waals surface area (Å²) in [5, 5.41) is 22.7. The highest BCUT2D eigenvalue weighted by Gasteiger charge is 2.42. The van der Waals surface area contributed by atoms with Gasteiger partial charge in [-0.05, 0) is 55.7 Å². The third-order valence-electron chi connectivity index (χ3n) is 6.27. The molecule has 4 atom stereocenters. The summed E-state index contributed by atoms with van der Waals surface area (Å²) in [6, 6.07) is 16.5. The van der Waals surface area contributed by atoms with Gasteiger partial charge in [-0.3, -0.25) is 4.90 Å². The Kier molecular flexibility index (Phi) is 9.05. The van der Waals surface area contributed by atoms with E-state index >= 15 is 0 Å². The van der Waals surface area contributed by atoms with E-state index in [0.29, 0.717) is 17.7 Å². The summed E-state index contributed by atoms with van der Waals surface area (Å²) in [5.41, 5.74) is 0.282. The Balaban J connectivity index is 1.77. The molecule has 34 heavy (non-hydrogen) atoms. The molecular formula is C28H35NO5. The van der Waals surface area contributed by atoms with Crippen LogP contribution in [0, 0.1) is 5.92 Å². The molecule has 0 saturated carbocycles. The van der Waals surface area contributed by atoms with Crippen molar-refractivity contribution in [3.8, 4) is 5.75 Å². The van der Waals surface area contributed by atoms with Crippen LogP contribution >= 0.6 is 0 Å². The SMILES string of the molecule is CC[C@@H]1C=CC=CC1(O)N(C[C@H](O)COc1ccccc1)[C@H](C)Cc1ccc(C(=O)OC)cc1. The first-order valence-electron chi connectivity index (χ1n) is 11.8. The summed E-state index contributed by atoms with van der Waals surface area (Å²) >= 11 is 0. The lowest BCUT2D eigenvalue weighted by atomic mass is 9.85. The average molecular weight is 466 g/mol. The summed E-state index contributed by atoms with van der Waals surface area (Å²) in [7, 11) is 1.36. The van der Waals surface area contributed by atoms with E-state index in [9.17, 15) is 15.0 Å². The number of esters is 1. The number of benzene rings is 2. The van der Waals surface area contributed by atoms with Gasteiger partial charge in [-0.2, -0.15) is 0 Å². The van der Waals surface area contributed by atoms with Gasteiger partial charge >= 0.3 is 5.97 Å². The molecular weight excluding hydrogens is 430 g/mol. The first-order valence-corrected chi connectivity index (χ1v) is 11.8. The number of aliphatic hydroxyl groups excluding tert-OH is 1. The number of nitrogens with zero attached hydrogens (tertiary/aromatic N) is 1. The number of carbonyl (C=O) groups excluding carboxylic acids is 1. The summed E-state index contributed by atoms with van der Waals surface area (Å²) in [5.74, 6) is 0.211. The zero-order valence-electron chi connectivity index (χ0n) is 20.1. The molecule has 6 nitrogen and oxygen atoms in total. The molecule has 2 aromatic carbocycles. The summed E-state index contributed by atoms with van der Waals surface area (Å²) in [4.78, 5) is 13.7. The zero-order chi connectivity index (χ0) is 24.6. The van der Waals surface area contributed by atoms with Crippen molar-refractivity contribution < 1.29 is 24.5 Å². The predicted octanol–water partition coefficient (Wildman–Crippen LogP) is 3.99. The van der Waals surface area contributed by atoms with E-state index in [1.54, 1.807) is 12.1 Å². The first-order chi connectivity index (χ1) is 16.4. The Morgan fingerprint density at radius 2 is 1.82 bits per heavy atom. The van der Waals surface area contributed by atoms with Gasteiger partial charge in [0.2, 0.25) is 0 Å². The van der Waals surface area contributed by atoms with Gasteiger partial charge in [0.15, 0.2) is 0 Å². The maximum atomic E-state index is 11.8. The van der Waals surface area contributed by atoms with Crippen LogP contribution in [0.25, 0.3) is 0 Å². The van der Waals surface area contributed by atoms with Crippen molar-refractivity contribution in [1.29, 1.82) is 0 Å². The van der Waals surface area contributed by atoms with Crippen LogP contribution in [0.1, 0.15) is 36.2 Å². The lowest BCUT2D eigenvalue weighted by Crippen LogP contribution is -2.59. The summed E-state index contributed by atoms with van der Waals surface area (Å²) < 4.78 is 10.5. The fourth-order valence-electron chi connectivity index (χ4n) is 4.42. The molecule has 1 aliphatic rings. The zero-order valence-corrected chi connectivity index (χ0v) is 20.1. The second kappa shape index (κ2) is 12.0. The second-order valence-electron chi connectivity index (χ2n) is 8.71. The molecule has 0 fully saturated rings. The first kappa shape index (κ1) is 25.7. The standard InChI is InChI=1S/C28H35NO5/c1-4-24-10-8-9-17-28(24,32)29(19-25(30)20-34-26-11-6-5-7-12-26)21(2)18-22-13-15-23(16-14-22)27(31)33-3/h5-17,21,24-25,30,32H,4,18-20H2,1-3H3/t21-,24-,25+,28?/m1/s1. The van der Waals surface area contributed by atoms with Crippen molar-refractivity contribution in [3.05, 3.63) is 90.0 Å². The Morgan fingerprint density at radius 3 is 2.47 bits per heavy atom. The van der Waals surface area contributed by atoms with Crippen LogP contribution in [0.5, 0.6) is 5.75 Å². The molecule has 3 rings (SSSR count). The third-order valence-corrected chi connectivity index (χ3v) is 6.27. The minimum Gasteiger partial charge on any atom is -0.491 e. The molecule has 0 spiro atoms. The van der Waals surface area contributed by atoms with E-state index in [1.165, 1.54) is 7.11 Å². The van der Waals surface area contributed by atoms with Crippen molar-refractivity contribution in [3.63, 3.8) is 0 Å². The van der Waals surface area contributed by atoms with Crippen LogP contribution < -0.4 is 4.74 Å². The van der Waals surface area contributed by atoms with Crippen LogP contribution in [0.4, 0.5) is 0 Å². The predicted molar refractivity (Wildman–Crippen MR) is 133 cm³/mol. The second-order valence-corrected chi connectivity index (χ2v) is 8.71. The number of methoxy groups -OCH3 is 1. The largest absolute Gasteiger partial charge is 0.491 e. The number of aliphatic hydroxyl groups is 2. The van der Waals surface area contributed by atoms with E-state index in [0.717, 1.165) is 12.0 Å². The van der Waals surface area contributed by atoms with Crippen molar-refractivity contribution in [2.24, 2.45) is 5.92 Å². The van der Waals surface area contributed by atoms with E-state index in [4.69, 9.17) is 9.47 Å². The van der Waals surface area contributed by atoms with Gasteiger partial charge in [0.1, 0.15) is 24.2 Å². The molecule has 0 amide bonds. The lowest BCUT2D eigenvalue weighted by molar-refractivity contribution is -0.132. The Labute approximate surface area is 202 Å². The molecule has 182 valence electrons. The molecule has 1 aliphatic carbocycles. The Hall–Kier alpha value is -2.93. The van der Waals surface area contributed by atoms with Crippen LogP contribution in [-0.2, 0) is 11.2 Å². The normalized spacial score (nSPS) is 21.3. The summed E-state index contributed by atoms with van der Waals surface area (Å²) in [6.07, 6.45) is 8.20. The Bertz CT molecular complexity index is 972. The van der Waals surface area contributed by atoms with Crippen LogP contribution in [0.15, 0.2) is 78.9 Å². The third kappa shape index (κ3) is 6.35. The number of ether oxygens (including phenoxy) is 2. The highest BCUT2D eigenvalue weighted by Crippen LogP contribution is 2.33. The molecule has 2 aromatic rings. The average Bonchev–Trinajstić information content (AvgIpc) is 2.86. The fraction of sp³-hybridized carbons (Fsp3) is 0.393. The molecule has 0 aromatic heterocycles. The molecule has 1 unspecified atom stereocenters. The Morgan fingerprint density at radius 1 is 1.12 bits per heavy atom. The number of para-hydroxylation sites is 1. The number of hydrogen-bond acceptors (Lipinski definition) is 6. The highest BCUT2D eigenvalue weighted by molar-refractivity contribution is 5.89. The molecule has 0 radical (unpaired) electrons. The van der Waals surface area contributed by atoms with Gasteiger partial charge in [-0.15, -0.1) is 0 Å². The maximum Gasteiger partial charge on any atom is 0.337 e. The molecule has 0 saturated heterocycles. The number of rotatable bonds is 11. The van der Waals surface area contributed by atoms with E-state index in [1.807, 2.05) is 85.5 Å². The molecule has 2 N–H and O–H groups in total. The van der Waals surface area contributed by atoms with E-state index in [2.05, 4.69) is 0 Å². The van der Waals surface area contributed by atoms with Crippen molar-refractivity contribution in [1.82, 2.24) is 4.90 Å². The van der Waals surface area contributed by atoms with Crippen molar-refractivity contribution in [2.75, 3.05) is 20.3 Å². The minimum atomic E-state index is -1.23. The van der Waals surface area contributed by atoms with Gasteiger partial charge in [0.05, 0.1) is 12.7 Å². The fourth-order valence-corrected chi connectivity index (χ4v) is 4.42. The molecule has 6 heteroatoms. The van der Waals surface area contributed by atoms with Crippen molar-refractivity contribution >= 4 is 5.97 Å². The van der Waals surface area contributed by atoms with Gasteiger partial charge in [0, 0.05) is 18.5 Å². The minimum absolute atomic E-state index is 0.106. The number of allylic oxidation sites excluding steroid dienone is 2. The highest BCUT2D eigenvalue weighted by atomic mass is 16.5. The lowest BCUT2D eigenvalue weighted by Gasteiger charge is -2.47. The topological polar surface area (TPSA) is 79.2 Å². The van der Waals surface area contributed by atoms with Crippen molar-refractivity contribution in [2.45, 2.75) is 44.6 Å². The monoisotopic (exact) mass is 465 g/mol. The molecule has 0 bridgehead atoms. The molecule has 0 aliphatic heterocycles. The maximum absolute atomic E-state index is 11.8. The molecule has 0 heterocycles. The van der Waals surface area contributed by atoms with E-state index in [-0.39, 0.29) is 31.1 Å². The van der Waals surface area contributed by atoms with Crippen LogP contribution in [0.2, 0.25) is 0 Å². The smallest absolute Gasteiger partial charge is 0.337 e. The summed E-state index contributed by atoms with van der Waals surface area (Å²) in [6.45, 7) is 4.44. The van der Waals surface area contributed by atoms with Gasteiger partial charge < -0.3 is 19.7 Å². The van der Waals surface area contributed by atoms with E-state index < -0.39 is 11.8 Å². The van der Waals surface area contributed by atoms with Crippen LogP contribution in [0.3, 0.4) is 0 Å². The van der Waals surface area contributed by atoms with Gasteiger partial charge in [-0.25, -0.2) is 4.79 Å². The van der Waals surface area contributed by atoms with Gasteiger partial charge in [-0.1, -0.05) is 55.5 Å². The number of hydrogen-bond donors (Lipinski definition) is 2. The van der Waals surface area contributed by atoms with Gasteiger partial charge in [0.25, 0.3) is 0 Å².